The van der Waals surface area contributed by atoms with Crippen LogP contribution in [0, 0.1) is 76.9 Å². The Morgan fingerprint density at radius 3 is 1.24 bits per heavy atom. The number of non-ortho nitro benzene ring substituents is 1. The number of carboxylic acids is 1. The quantitative estimate of drug-likeness (QED) is 0.0364. The lowest BCUT2D eigenvalue weighted by atomic mass is 9.78. The summed E-state index contributed by atoms with van der Waals surface area (Å²) in [6.07, 6.45) is 9.65. The van der Waals surface area contributed by atoms with Gasteiger partial charge in [-0.1, -0.05) is 393 Å². The number of halogens is 5. The normalized spacial score (nSPS) is 12.5. The lowest BCUT2D eigenvalue weighted by molar-refractivity contribution is -0.386. The van der Waals surface area contributed by atoms with E-state index in [9.17, 15) is 61.7 Å². The summed E-state index contributed by atoms with van der Waals surface area (Å²) in [6.45, 7) is 72.2. The lowest BCUT2D eigenvalue weighted by Crippen LogP contribution is -2.38. The van der Waals surface area contributed by atoms with Gasteiger partial charge in [0.05, 0.1) is 27.7 Å². The number of furan rings is 1. The van der Waals surface area contributed by atoms with Crippen LogP contribution in [-0.4, -0.2) is 42.8 Å². The first-order valence-electron chi connectivity index (χ1n) is 44.5. The Bertz CT molecular complexity index is 5320. The third kappa shape index (κ3) is 43.5. The van der Waals surface area contributed by atoms with Crippen molar-refractivity contribution in [2.45, 2.75) is 298 Å². The van der Waals surface area contributed by atoms with E-state index in [2.05, 4.69) is 285 Å². The number of imide groups is 1. The molecule has 3 N–H and O–H groups in total. The Hall–Kier alpha value is -12.0. The molecular formula is C113H150F5N5O10. The minimum absolute atomic E-state index is 0.0441. The maximum atomic E-state index is 13.2. The van der Waals surface area contributed by atoms with Gasteiger partial charge in [0.25, 0.3) is 17.3 Å². The molecule has 15 nitrogen and oxygen atoms in total. The second kappa shape index (κ2) is 51.3. The highest BCUT2D eigenvalue weighted by Gasteiger charge is 2.33. The summed E-state index contributed by atoms with van der Waals surface area (Å²) in [4.78, 5) is 57.0. The van der Waals surface area contributed by atoms with E-state index >= 15 is 0 Å². The predicted molar refractivity (Wildman–Crippen MR) is 537 cm³/mol. The van der Waals surface area contributed by atoms with Crippen molar-refractivity contribution in [2.24, 2.45) is 16.2 Å². The summed E-state index contributed by atoms with van der Waals surface area (Å²) in [7, 11) is 0. The van der Waals surface area contributed by atoms with Crippen LogP contribution >= 0.6 is 0 Å². The van der Waals surface area contributed by atoms with Gasteiger partial charge in [0, 0.05) is 59.1 Å². The van der Waals surface area contributed by atoms with Crippen LogP contribution in [0.3, 0.4) is 0 Å². The molecule has 1 aliphatic heterocycles. The number of aromatic nitrogens is 1. The first-order valence-corrected chi connectivity index (χ1v) is 44.5. The third-order valence-electron chi connectivity index (χ3n) is 21.0. The summed E-state index contributed by atoms with van der Waals surface area (Å²) in [5, 5.41) is 50.1. The zero-order valence-electron chi connectivity index (χ0n) is 85.6. The van der Waals surface area contributed by atoms with Gasteiger partial charge in [0.1, 0.15) is 17.1 Å². The number of nitriles is 1. The minimum Gasteiger partial charge on any atom is -0.507 e. The van der Waals surface area contributed by atoms with E-state index < -0.39 is 46.0 Å². The number of pyridine rings is 1. The van der Waals surface area contributed by atoms with E-state index in [1.807, 2.05) is 117 Å². The van der Waals surface area contributed by atoms with Crippen molar-refractivity contribution in [1.29, 1.82) is 5.26 Å². The number of hydrogen-bond acceptors (Lipinski definition) is 11. The van der Waals surface area contributed by atoms with Crippen LogP contribution in [0.25, 0.3) is 6.08 Å². The molecule has 8 aromatic carbocycles. The van der Waals surface area contributed by atoms with Crippen molar-refractivity contribution in [3.05, 3.63) is 358 Å². The molecule has 3 heterocycles. The average molecular weight is 1830 g/mol. The SMILES string of the molecule is C/C(=C\c1ccccc1)C(C)(C)C.CC(C)(C)C1=CCC(=O)NC1=O.CC(C)(C)c1c(F)c(F)c(F)c(F)c1F.CC(C)(C)c1ccc(O)c(C(=O)O)c1.CC(C)(C)c1ccc([N+](=O)[O-])cc1.CC(C)(C)c1cccc(C#N)c1.CC(C)(C)c1ccccc1.CC(C)(C)c1ccccc1[N+](=O)[O-].CC(C)(C)c1ccco1.CC(C)(C)c1ccncc1.CC(c1ccccc1)C(C)(C)C. The lowest BCUT2D eigenvalue weighted by Gasteiger charge is -2.27. The van der Waals surface area contributed by atoms with Gasteiger partial charge in [0.2, 0.25) is 11.7 Å². The Labute approximate surface area is 791 Å². The van der Waals surface area contributed by atoms with Crippen molar-refractivity contribution in [3.8, 4) is 11.8 Å². The molecule has 20 heteroatoms. The van der Waals surface area contributed by atoms with Crippen LogP contribution in [0.4, 0.5) is 33.3 Å². The first-order chi connectivity index (χ1) is 60.6. The van der Waals surface area contributed by atoms with Gasteiger partial charge in [0.15, 0.2) is 23.3 Å². The fraction of sp³-hybridized carbons (Fsp3) is 0.425. The molecular weight excluding hydrogens is 1680 g/mol. The van der Waals surface area contributed by atoms with E-state index in [0.29, 0.717) is 28.7 Å². The number of para-hydroxylation sites is 1. The fourth-order valence-electron chi connectivity index (χ4n) is 11.8. The predicted octanol–water partition coefficient (Wildman–Crippen LogP) is 31.6. The van der Waals surface area contributed by atoms with Crippen LogP contribution in [0.2, 0.25) is 0 Å². The van der Waals surface area contributed by atoms with E-state index in [4.69, 9.17) is 14.8 Å². The molecule has 11 rings (SSSR count). The van der Waals surface area contributed by atoms with Crippen molar-refractivity contribution >= 4 is 35.2 Å². The molecule has 10 aromatic rings. The second-order valence-corrected chi connectivity index (χ2v) is 43.8. The summed E-state index contributed by atoms with van der Waals surface area (Å²) in [5.41, 5.74) is 11.7. The Morgan fingerprint density at radius 2 is 0.887 bits per heavy atom. The maximum Gasteiger partial charge on any atom is 0.339 e. The molecule has 0 saturated heterocycles. The Kier molecular flexibility index (Phi) is 45.9. The number of amides is 2. The summed E-state index contributed by atoms with van der Waals surface area (Å²) >= 11 is 0. The van der Waals surface area contributed by atoms with Gasteiger partial charge in [-0.15, -0.1) is 0 Å². The number of carboxylic acid groups (broad SMARTS) is 1. The van der Waals surface area contributed by atoms with Gasteiger partial charge >= 0.3 is 5.97 Å². The van der Waals surface area contributed by atoms with Crippen LogP contribution in [-0.2, 0) is 52.9 Å². The molecule has 0 fully saturated rings. The number of nitrogens with one attached hydrogen (secondary N) is 1. The van der Waals surface area contributed by atoms with E-state index in [1.165, 1.54) is 66.3 Å². The number of benzene rings is 8. The minimum atomic E-state index is -2.13. The largest absolute Gasteiger partial charge is 0.507 e. The number of nitro groups is 2. The second-order valence-electron chi connectivity index (χ2n) is 43.8. The van der Waals surface area contributed by atoms with Gasteiger partial charge in [-0.2, -0.15) is 5.26 Å². The highest BCUT2D eigenvalue weighted by atomic mass is 19.2. The molecule has 0 aliphatic carbocycles. The summed E-state index contributed by atoms with van der Waals surface area (Å²) in [6, 6.07) is 67.9. The number of nitro benzene ring substituents is 2. The third-order valence-corrected chi connectivity index (χ3v) is 21.0. The molecule has 1 aliphatic rings. The number of phenols is 1. The van der Waals surface area contributed by atoms with Crippen molar-refractivity contribution in [1.82, 2.24) is 10.3 Å². The average Bonchev–Trinajstić information content (AvgIpc) is 1.43. The van der Waals surface area contributed by atoms with Crippen molar-refractivity contribution < 1.29 is 60.8 Å². The molecule has 133 heavy (non-hydrogen) atoms. The van der Waals surface area contributed by atoms with Gasteiger partial charge in [-0.25, -0.2) is 26.7 Å². The summed E-state index contributed by atoms with van der Waals surface area (Å²) < 4.78 is 69.8. The highest BCUT2D eigenvalue weighted by molar-refractivity contribution is 6.08. The van der Waals surface area contributed by atoms with Crippen LogP contribution in [0.1, 0.15) is 326 Å². The van der Waals surface area contributed by atoms with Gasteiger partial charge < -0.3 is 14.6 Å². The van der Waals surface area contributed by atoms with Gasteiger partial charge in [-0.05, 0) is 154 Å². The van der Waals surface area contributed by atoms with E-state index in [1.54, 1.807) is 60.9 Å². The number of nitrogens with zero attached hydrogens (tertiary/aromatic N) is 4. The number of carbonyl (C=O) groups excluding carboxylic acids is 2. The molecule has 722 valence electrons. The standard InChI is InChI=1S/C13H18.C12H18.C11H13N.C11H14O3.C10H9F5.2C10H13NO2.C10H14.C9H13NO2.C9H13N.C8H12O/c1-11(13(2,3)4)10-12-8-6-5-7-9-12;1-10(12(2,3)4)11-8-6-5-7-9-11;1-11(2,3)10-6-4-5-9(7-10)8-12;1-11(2,3)7-4-5-9(12)8(6-7)10(13)14;1-10(2,3)4-5(11)7(13)9(15)8(14)6(4)12;1-10(2,3)8-4-6-9(7-5-8)11(12)13;1-10(2,3)8-6-4-5-7-9(8)11(12)13;1-10(2,3)9-7-5-4-6-8-9;1-9(2,3)6-4-5-7(11)10-8(6)12;1-9(2,3)8-4-6-10-7-5-8;1-8(2,3)7-5-4-6-9-7/h5-10H,1-4H3;5-10H,1-4H3;4-7H,1-3H3;4-6,12H,1-3H3,(H,13,14);1-3H3;2*4-7H,1-3H3;4-8H,1-3H3;4H,5H2,1-3H3,(H,10,11,12);4-7H,1-3H3;4-6H,1-3H3/b11-10+;;;;;;;;;;. The molecule has 2 amide bonds. The zero-order chi connectivity index (χ0) is 103. The number of rotatable bonds is 5. The van der Waals surface area contributed by atoms with Gasteiger partial charge in [-0.3, -0.25) is 40.1 Å². The summed E-state index contributed by atoms with van der Waals surface area (Å²) in [5.74, 6) is -9.56. The Morgan fingerprint density at radius 1 is 0.474 bits per heavy atom. The number of aromatic carboxylic acids is 1. The van der Waals surface area contributed by atoms with Crippen LogP contribution < -0.4 is 5.32 Å². The topological polar surface area (TPSA) is 240 Å². The molecule has 1 unspecified atom stereocenters. The van der Waals surface area contributed by atoms with Crippen molar-refractivity contribution in [2.75, 3.05) is 0 Å². The maximum absolute atomic E-state index is 13.2. The number of allylic oxidation sites excluding steroid dienone is 1. The monoisotopic (exact) mass is 1830 g/mol. The molecule has 0 saturated carbocycles. The number of aromatic hydroxyl groups is 1. The fourth-order valence-corrected chi connectivity index (χ4v) is 11.8. The number of carbonyl (C=O) groups is 3. The molecule has 2 aromatic heterocycles. The van der Waals surface area contributed by atoms with Crippen LogP contribution in [0.5, 0.6) is 5.75 Å². The van der Waals surface area contributed by atoms with E-state index in [-0.39, 0.29) is 87.7 Å². The van der Waals surface area contributed by atoms with E-state index in [0.717, 1.165) is 28.0 Å². The van der Waals surface area contributed by atoms with Crippen molar-refractivity contribution in [3.63, 3.8) is 0 Å². The molecule has 0 radical (unpaired) electrons. The van der Waals surface area contributed by atoms with Crippen LogP contribution in [0.15, 0.2) is 247 Å². The molecule has 0 bridgehead atoms. The first kappa shape index (κ1) is 119. The molecule has 1 atom stereocenters. The number of hydrogen-bond donors (Lipinski definition) is 3. The zero-order valence-corrected chi connectivity index (χ0v) is 85.6. The molecule has 0 spiro atoms. The Balaban J connectivity index is 0.000000733. The smallest absolute Gasteiger partial charge is 0.339 e. The highest BCUT2D eigenvalue weighted by Crippen LogP contribution is 2.37.